The largest absolute Gasteiger partial charge is 0.385 e. The summed E-state index contributed by atoms with van der Waals surface area (Å²) < 4.78 is 18.3. The van der Waals surface area contributed by atoms with Crippen LogP contribution in [0.3, 0.4) is 0 Å². The topological polar surface area (TPSA) is 67.4 Å². The Bertz CT molecular complexity index is 885. The van der Waals surface area contributed by atoms with Crippen molar-refractivity contribution < 1.29 is 18.7 Å². The second-order valence-corrected chi connectivity index (χ2v) is 8.11. The Morgan fingerprint density at radius 3 is 2.79 bits per heavy atom. The molecule has 150 valence electrons. The minimum absolute atomic E-state index is 0.0318. The number of thiophene rings is 1. The lowest BCUT2D eigenvalue weighted by atomic mass is 9.95. The molecular formula is C20H22ClFN2O3S. The van der Waals surface area contributed by atoms with E-state index in [9.17, 15) is 14.0 Å². The molecule has 0 radical (unpaired) electrons. The highest BCUT2D eigenvalue weighted by molar-refractivity contribution is 7.17. The summed E-state index contributed by atoms with van der Waals surface area (Å²) in [4.78, 5) is 26.6. The van der Waals surface area contributed by atoms with Crippen LogP contribution in [-0.2, 0) is 17.6 Å². The molecule has 0 saturated carbocycles. The number of methoxy groups -OCH3 is 1. The van der Waals surface area contributed by atoms with Gasteiger partial charge in [0, 0.05) is 25.1 Å². The molecule has 0 fully saturated rings. The van der Waals surface area contributed by atoms with E-state index in [2.05, 4.69) is 10.6 Å². The summed E-state index contributed by atoms with van der Waals surface area (Å²) in [6.45, 7) is 1.06. The molecule has 3 rings (SSSR count). The predicted molar refractivity (Wildman–Crippen MR) is 109 cm³/mol. The standard InChI is InChI=1S/C20H22ClFN2O3S/c1-27-10-4-9-23-19(26)17-14-5-2-3-6-16(14)28-20(17)24-18(25)13-8-7-12(22)11-15(13)21/h7-8,11H,2-6,9-10H2,1H3,(H,23,26)(H,24,25). The maximum Gasteiger partial charge on any atom is 0.257 e. The minimum atomic E-state index is -0.510. The van der Waals surface area contributed by atoms with Crippen molar-refractivity contribution in [3.8, 4) is 0 Å². The second kappa shape index (κ2) is 9.49. The lowest BCUT2D eigenvalue weighted by molar-refractivity contribution is 0.0948. The average molecular weight is 425 g/mol. The van der Waals surface area contributed by atoms with Crippen molar-refractivity contribution in [1.29, 1.82) is 0 Å². The van der Waals surface area contributed by atoms with Gasteiger partial charge in [0.1, 0.15) is 10.8 Å². The van der Waals surface area contributed by atoms with Crippen LogP contribution < -0.4 is 10.6 Å². The van der Waals surface area contributed by atoms with Crippen LogP contribution in [0, 0.1) is 5.82 Å². The first-order valence-electron chi connectivity index (χ1n) is 9.19. The number of anilines is 1. The highest BCUT2D eigenvalue weighted by atomic mass is 35.5. The Kier molecular flexibility index (Phi) is 7.04. The Labute approximate surface area is 172 Å². The fourth-order valence-electron chi connectivity index (χ4n) is 3.25. The number of halogens is 2. The maximum atomic E-state index is 13.3. The summed E-state index contributed by atoms with van der Waals surface area (Å²) >= 11 is 7.44. The second-order valence-electron chi connectivity index (χ2n) is 6.60. The Morgan fingerprint density at radius 2 is 2.04 bits per heavy atom. The number of benzene rings is 1. The molecule has 0 aliphatic heterocycles. The third kappa shape index (κ3) is 4.71. The number of nitrogens with one attached hydrogen (secondary N) is 2. The zero-order valence-electron chi connectivity index (χ0n) is 15.6. The average Bonchev–Trinajstić information content (AvgIpc) is 3.02. The lowest BCUT2D eigenvalue weighted by Gasteiger charge is -2.13. The Hall–Kier alpha value is -1.96. The van der Waals surface area contributed by atoms with Crippen LogP contribution in [-0.4, -0.2) is 32.1 Å². The number of fused-ring (bicyclic) bond motifs is 1. The van der Waals surface area contributed by atoms with Gasteiger partial charge in [0.25, 0.3) is 11.8 Å². The number of hydrogen-bond acceptors (Lipinski definition) is 4. The third-order valence-electron chi connectivity index (χ3n) is 4.61. The number of aryl methyl sites for hydroxylation is 1. The molecule has 28 heavy (non-hydrogen) atoms. The Balaban J connectivity index is 1.84. The molecule has 0 bridgehead atoms. The number of amides is 2. The molecule has 0 atom stereocenters. The zero-order valence-corrected chi connectivity index (χ0v) is 17.1. The molecule has 5 nitrogen and oxygen atoms in total. The Morgan fingerprint density at radius 1 is 1.25 bits per heavy atom. The zero-order chi connectivity index (χ0) is 20.1. The van der Waals surface area contributed by atoms with Crippen molar-refractivity contribution in [1.82, 2.24) is 5.32 Å². The van der Waals surface area contributed by atoms with Gasteiger partial charge in [0.15, 0.2) is 0 Å². The summed E-state index contributed by atoms with van der Waals surface area (Å²) in [6, 6.07) is 3.62. The number of carbonyl (C=O) groups is 2. The minimum Gasteiger partial charge on any atom is -0.385 e. The van der Waals surface area contributed by atoms with Crippen molar-refractivity contribution in [2.45, 2.75) is 32.1 Å². The molecule has 1 aromatic heterocycles. The van der Waals surface area contributed by atoms with Gasteiger partial charge in [-0.05, 0) is 55.9 Å². The highest BCUT2D eigenvalue weighted by Gasteiger charge is 2.26. The normalized spacial score (nSPS) is 13.1. The third-order valence-corrected chi connectivity index (χ3v) is 6.13. The van der Waals surface area contributed by atoms with Crippen molar-refractivity contribution in [3.05, 3.63) is 50.6 Å². The van der Waals surface area contributed by atoms with Crippen LogP contribution in [0.4, 0.5) is 9.39 Å². The van der Waals surface area contributed by atoms with E-state index in [0.29, 0.717) is 30.1 Å². The SMILES string of the molecule is COCCCNC(=O)c1c(NC(=O)c2ccc(F)cc2Cl)sc2c1CCCC2. The monoisotopic (exact) mass is 424 g/mol. The smallest absolute Gasteiger partial charge is 0.257 e. The van der Waals surface area contributed by atoms with Crippen LogP contribution >= 0.6 is 22.9 Å². The molecule has 0 unspecified atom stereocenters. The van der Waals surface area contributed by atoms with E-state index in [4.69, 9.17) is 16.3 Å². The molecule has 0 saturated heterocycles. The van der Waals surface area contributed by atoms with E-state index in [-0.39, 0.29) is 16.5 Å². The summed E-state index contributed by atoms with van der Waals surface area (Å²) in [7, 11) is 1.62. The van der Waals surface area contributed by atoms with Gasteiger partial charge in [0.2, 0.25) is 0 Å². The highest BCUT2D eigenvalue weighted by Crippen LogP contribution is 2.38. The predicted octanol–water partition coefficient (Wildman–Crippen LogP) is 4.44. The van der Waals surface area contributed by atoms with Gasteiger partial charge in [-0.3, -0.25) is 9.59 Å². The molecular weight excluding hydrogens is 403 g/mol. The van der Waals surface area contributed by atoms with Gasteiger partial charge >= 0.3 is 0 Å². The van der Waals surface area contributed by atoms with Gasteiger partial charge in [-0.15, -0.1) is 11.3 Å². The van der Waals surface area contributed by atoms with E-state index < -0.39 is 11.7 Å². The lowest BCUT2D eigenvalue weighted by Crippen LogP contribution is -2.27. The van der Waals surface area contributed by atoms with E-state index in [0.717, 1.165) is 42.2 Å². The van der Waals surface area contributed by atoms with Gasteiger partial charge in [0.05, 0.1) is 16.1 Å². The molecule has 2 aromatic rings. The van der Waals surface area contributed by atoms with E-state index in [1.165, 1.54) is 23.5 Å². The van der Waals surface area contributed by atoms with Gasteiger partial charge < -0.3 is 15.4 Å². The molecule has 1 heterocycles. The number of hydrogen-bond donors (Lipinski definition) is 2. The summed E-state index contributed by atoms with van der Waals surface area (Å²) in [6.07, 6.45) is 4.52. The first-order chi connectivity index (χ1) is 13.5. The molecule has 1 aliphatic carbocycles. The number of ether oxygens (including phenoxy) is 1. The van der Waals surface area contributed by atoms with Gasteiger partial charge in [-0.1, -0.05) is 11.6 Å². The quantitative estimate of drug-likeness (QED) is 0.646. The molecule has 2 amide bonds. The van der Waals surface area contributed by atoms with E-state index in [1.807, 2.05) is 0 Å². The fraction of sp³-hybridized carbons (Fsp3) is 0.400. The van der Waals surface area contributed by atoms with Crippen LogP contribution in [0.25, 0.3) is 0 Å². The van der Waals surface area contributed by atoms with E-state index in [1.54, 1.807) is 7.11 Å². The molecule has 0 spiro atoms. The van der Waals surface area contributed by atoms with Crippen molar-refractivity contribution in [3.63, 3.8) is 0 Å². The van der Waals surface area contributed by atoms with Gasteiger partial charge in [-0.2, -0.15) is 0 Å². The van der Waals surface area contributed by atoms with Crippen molar-refractivity contribution >= 4 is 39.8 Å². The van der Waals surface area contributed by atoms with E-state index >= 15 is 0 Å². The molecule has 2 N–H and O–H groups in total. The summed E-state index contributed by atoms with van der Waals surface area (Å²) in [5, 5.41) is 6.26. The molecule has 1 aliphatic rings. The van der Waals surface area contributed by atoms with Crippen molar-refractivity contribution in [2.24, 2.45) is 0 Å². The first kappa shape index (κ1) is 20.8. The molecule has 1 aromatic carbocycles. The summed E-state index contributed by atoms with van der Waals surface area (Å²) in [5.74, 6) is -1.17. The number of rotatable bonds is 7. The van der Waals surface area contributed by atoms with Gasteiger partial charge in [-0.25, -0.2) is 4.39 Å². The molecule has 8 heteroatoms. The van der Waals surface area contributed by atoms with Crippen molar-refractivity contribution in [2.75, 3.05) is 25.6 Å². The fourth-order valence-corrected chi connectivity index (χ4v) is 4.78. The van der Waals surface area contributed by atoms with Crippen LogP contribution in [0.2, 0.25) is 5.02 Å². The summed E-state index contributed by atoms with van der Waals surface area (Å²) in [5.41, 5.74) is 1.71. The first-order valence-corrected chi connectivity index (χ1v) is 10.4. The van der Waals surface area contributed by atoms with Crippen LogP contribution in [0.1, 0.15) is 50.4 Å². The van der Waals surface area contributed by atoms with Crippen LogP contribution in [0.15, 0.2) is 18.2 Å². The number of carbonyl (C=O) groups excluding carboxylic acids is 2. The maximum absolute atomic E-state index is 13.3. The van der Waals surface area contributed by atoms with Crippen LogP contribution in [0.5, 0.6) is 0 Å².